The highest BCUT2D eigenvalue weighted by molar-refractivity contribution is 5.88. The van der Waals surface area contributed by atoms with Gasteiger partial charge in [0.2, 0.25) is 0 Å². The maximum absolute atomic E-state index is 12.5. The van der Waals surface area contributed by atoms with Crippen LogP contribution in [0.15, 0.2) is 42.6 Å². The number of allylic oxidation sites excluding steroid dienone is 1. The molecule has 1 aromatic heterocycles. The number of aryl methyl sites for hydroxylation is 1. The fourth-order valence-corrected chi connectivity index (χ4v) is 1.71. The first-order valence-electron chi connectivity index (χ1n) is 6.12. The number of pyridine rings is 1. The lowest BCUT2D eigenvalue weighted by Gasteiger charge is -2.06. The Kier molecular flexibility index (Phi) is 4.08. The normalized spacial score (nSPS) is 12.0. The predicted molar refractivity (Wildman–Crippen MR) is 73.9 cm³/mol. The molecule has 0 bridgehead atoms. The second-order valence-corrected chi connectivity index (χ2v) is 4.51. The van der Waals surface area contributed by atoms with Crippen molar-refractivity contribution in [1.29, 1.82) is 5.26 Å². The fraction of sp³-hybridized carbons (Fsp3) is 0.125. The van der Waals surface area contributed by atoms with Crippen LogP contribution >= 0.6 is 0 Å². The van der Waals surface area contributed by atoms with E-state index in [-0.39, 0.29) is 11.3 Å². The Labute approximate surface area is 120 Å². The smallest absolute Gasteiger partial charge is 0.255 e. The molecule has 0 unspecified atom stereocenters. The SMILES string of the molecule is Cc1ccc(/C=C(/C#N)c2ccc(C(F)(F)F)cn2)cc1. The Morgan fingerprint density at radius 2 is 1.81 bits per heavy atom. The van der Waals surface area contributed by atoms with Gasteiger partial charge in [-0.25, -0.2) is 0 Å². The van der Waals surface area contributed by atoms with Gasteiger partial charge >= 0.3 is 6.18 Å². The van der Waals surface area contributed by atoms with Crippen LogP contribution in [0, 0.1) is 18.3 Å². The van der Waals surface area contributed by atoms with Gasteiger partial charge in [-0.2, -0.15) is 18.4 Å². The monoisotopic (exact) mass is 288 g/mol. The number of aromatic nitrogens is 1. The molecule has 2 rings (SSSR count). The molecule has 0 aliphatic heterocycles. The Morgan fingerprint density at radius 3 is 2.29 bits per heavy atom. The molecule has 0 atom stereocenters. The molecule has 106 valence electrons. The third-order valence-electron chi connectivity index (χ3n) is 2.88. The van der Waals surface area contributed by atoms with Crippen molar-refractivity contribution in [2.45, 2.75) is 13.1 Å². The topological polar surface area (TPSA) is 36.7 Å². The van der Waals surface area contributed by atoms with Gasteiger partial charge in [0.15, 0.2) is 0 Å². The minimum absolute atomic E-state index is 0.214. The molecule has 1 aromatic carbocycles. The summed E-state index contributed by atoms with van der Waals surface area (Å²) in [4.78, 5) is 3.72. The van der Waals surface area contributed by atoms with Gasteiger partial charge in [-0.15, -0.1) is 0 Å². The summed E-state index contributed by atoms with van der Waals surface area (Å²) in [6, 6.07) is 11.5. The molecule has 0 spiro atoms. The quantitative estimate of drug-likeness (QED) is 0.764. The first-order chi connectivity index (χ1) is 9.90. The third kappa shape index (κ3) is 3.69. The number of halogens is 3. The Bertz CT molecular complexity index is 690. The minimum atomic E-state index is -4.43. The van der Waals surface area contributed by atoms with E-state index in [1.54, 1.807) is 6.08 Å². The van der Waals surface area contributed by atoms with Crippen molar-refractivity contribution in [1.82, 2.24) is 4.98 Å². The Morgan fingerprint density at radius 1 is 1.14 bits per heavy atom. The Hall–Kier alpha value is -2.61. The van der Waals surface area contributed by atoms with Gasteiger partial charge in [-0.1, -0.05) is 29.8 Å². The lowest BCUT2D eigenvalue weighted by Crippen LogP contribution is -2.05. The number of hydrogen-bond acceptors (Lipinski definition) is 2. The minimum Gasteiger partial charge on any atom is -0.255 e. The maximum atomic E-state index is 12.5. The van der Waals surface area contributed by atoms with Crippen LogP contribution in [0.25, 0.3) is 11.6 Å². The fourth-order valence-electron chi connectivity index (χ4n) is 1.71. The zero-order valence-corrected chi connectivity index (χ0v) is 11.1. The highest BCUT2D eigenvalue weighted by atomic mass is 19.4. The molecule has 0 fully saturated rings. The van der Waals surface area contributed by atoms with Crippen LogP contribution < -0.4 is 0 Å². The molecule has 2 aromatic rings. The zero-order valence-electron chi connectivity index (χ0n) is 11.1. The van der Waals surface area contributed by atoms with E-state index in [4.69, 9.17) is 5.26 Å². The van der Waals surface area contributed by atoms with Crippen LogP contribution in [-0.4, -0.2) is 4.98 Å². The van der Waals surface area contributed by atoms with Gasteiger partial charge in [-0.3, -0.25) is 4.98 Å². The summed E-state index contributed by atoms with van der Waals surface area (Å²) in [7, 11) is 0. The highest BCUT2D eigenvalue weighted by Crippen LogP contribution is 2.29. The van der Waals surface area contributed by atoms with Crippen molar-refractivity contribution in [2.75, 3.05) is 0 Å². The standard InChI is InChI=1S/C16H11F3N2/c1-11-2-4-12(5-3-11)8-13(9-20)15-7-6-14(10-21-15)16(17,18)19/h2-8,10H,1H3/b13-8-. The largest absolute Gasteiger partial charge is 0.417 e. The van der Waals surface area contributed by atoms with Crippen LogP contribution in [0.3, 0.4) is 0 Å². The third-order valence-corrected chi connectivity index (χ3v) is 2.88. The van der Waals surface area contributed by atoms with Crippen molar-refractivity contribution in [3.05, 3.63) is 65.0 Å². The van der Waals surface area contributed by atoms with E-state index >= 15 is 0 Å². The van der Waals surface area contributed by atoms with E-state index in [1.165, 1.54) is 6.07 Å². The number of benzene rings is 1. The average Bonchev–Trinajstić information content (AvgIpc) is 2.46. The summed E-state index contributed by atoms with van der Waals surface area (Å²) in [6.07, 6.45) is -2.11. The number of nitrogens with zero attached hydrogens (tertiary/aromatic N) is 2. The first-order valence-corrected chi connectivity index (χ1v) is 6.12. The number of hydrogen-bond donors (Lipinski definition) is 0. The molecule has 1 heterocycles. The molecule has 0 N–H and O–H groups in total. The van der Waals surface area contributed by atoms with Gasteiger partial charge < -0.3 is 0 Å². The lowest BCUT2D eigenvalue weighted by molar-refractivity contribution is -0.137. The van der Waals surface area contributed by atoms with Gasteiger partial charge in [0.05, 0.1) is 16.8 Å². The van der Waals surface area contributed by atoms with Gasteiger partial charge in [-0.05, 0) is 30.7 Å². The second kappa shape index (κ2) is 5.80. The summed E-state index contributed by atoms with van der Waals surface area (Å²) in [5.41, 5.74) is 1.47. The van der Waals surface area contributed by atoms with E-state index < -0.39 is 11.7 Å². The van der Waals surface area contributed by atoms with Crippen molar-refractivity contribution < 1.29 is 13.2 Å². The molecule has 5 heteroatoms. The molecule has 0 saturated heterocycles. The number of rotatable bonds is 2. The van der Waals surface area contributed by atoms with Crippen LogP contribution in [-0.2, 0) is 6.18 Å². The van der Waals surface area contributed by atoms with Gasteiger partial charge in [0, 0.05) is 6.20 Å². The van der Waals surface area contributed by atoms with Crippen LogP contribution in [0.2, 0.25) is 0 Å². The molecule has 0 saturated carbocycles. The molecule has 0 aliphatic rings. The maximum Gasteiger partial charge on any atom is 0.417 e. The highest BCUT2D eigenvalue weighted by Gasteiger charge is 2.30. The summed E-state index contributed by atoms with van der Waals surface area (Å²) in [5.74, 6) is 0. The van der Waals surface area contributed by atoms with E-state index in [2.05, 4.69) is 4.98 Å². The first kappa shape index (κ1) is 14.8. The average molecular weight is 288 g/mol. The van der Waals surface area contributed by atoms with E-state index in [0.29, 0.717) is 0 Å². The number of alkyl halides is 3. The molecule has 0 aliphatic carbocycles. The molecule has 0 amide bonds. The summed E-state index contributed by atoms with van der Waals surface area (Å²) < 4.78 is 37.4. The molecular formula is C16H11F3N2. The summed E-state index contributed by atoms with van der Waals surface area (Å²) in [5, 5.41) is 9.14. The van der Waals surface area contributed by atoms with Crippen LogP contribution in [0.1, 0.15) is 22.4 Å². The second-order valence-electron chi connectivity index (χ2n) is 4.51. The van der Waals surface area contributed by atoms with Crippen molar-refractivity contribution in [3.8, 4) is 6.07 Å². The summed E-state index contributed by atoms with van der Waals surface area (Å²) in [6.45, 7) is 1.94. The summed E-state index contributed by atoms with van der Waals surface area (Å²) >= 11 is 0. The zero-order chi connectivity index (χ0) is 15.5. The molecule has 21 heavy (non-hydrogen) atoms. The van der Waals surface area contributed by atoms with Crippen molar-refractivity contribution >= 4 is 11.6 Å². The van der Waals surface area contributed by atoms with E-state index in [0.717, 1.165) is 23.4 Å². The van der Waals surface area contributed by atoms with Gasteiger partial charge in [0.25, 0.3) is 0 Å². The van der Waals surface area contributed by atoms with Crippen molar-refractivity contribution in [3.63, 3.8) is 0 Å². The number of nitriles is 1. The molecule has 0 radical (unpaired) electrons. The lowest BCUT2D eigenvalue weighted by atomic mass is 10.1. The van der Waals surface area contributed by atoms with E-state index in [1.807, 2.05) is 37.3 Å². The van der Waals surface area contributed by atoms with E-state index in [9.17, 15) is 13.2 Å². The van der Waals surface area contributed by atoms with Crippen molar-refractivity contribution in [2.24, 2.45) is 0 Å². The Balaban J connectivity index is 2.34. The van der Waals surface area contributed by atoms with Crippen LogP contribution in [0.5, 0.6) is 0 Å². The van der Waals surface area contributed by atoms with Gasteiger partial charge in [0.1, 0.15) is 6.07 Å². The van der Waals surface area contributed by atoms with Crippen LogP contribution in [0.4, 0.5) is 13.2 Å². The molecule has 2 nitrogen and oxygen atoms in total. The predicted octanol–water partition coefficient (Wildman–Crippen LogP) is 4.47. The molecular weight excluding hydrogens is 277 g/mol.